The Morgan fingerprint density at radius 3 is 2.62 bits per heavy atom. The number of rotatable bonds is 10. The van der Waals surface area contributed by atoms with Crippen LogP contribution >= 0.6 is 40.8 Å². The maximum atomic E-state index is 14.1. The molecule has 2 aromatic carbocycles. The maximum absolute atomic E-state index is 14.1. The van der Waals surface area contributed by atoms with Crippen LogP contribution in [0.1, 0.15) is 42.3 Å². The molecule has 39 heavy (non-hydrogen) atoms. The number of nitrogens with one attached hydrogen (secondary N) is 3. The molecule has 0 radical (unpaired) electrons. The Labute approximate surface area is 248 Å². The molecule has 0 bridgehead atoms. The summed E-state index contributed by atoms with van der Waals surface area (Å²) >= 11 is -1.10. The summed E-state index contributed by atoms with van der Waals surface area (Å²) in [6, 6.07) is 17.7. The van der Waals surface area contributed by atoms with E-state index in [1.54, 1.807) is 0 Å². The number of hydrogen-bond acceptors (Lipinski definition) is 5. The first kappa shape index (κ1) is 29.4. The van der Waals surface area contributed by atoms with E-state index in [0.29, 0.717) is 23.2 Å². The first-order valence-corrected chi connectivity index (χ1v) is 18.7. The van der Waals surface area contributed by atoms with E-state index in [2.05, 4.69) is 74.5 Å². The van der Waals surface area contributed by atoms with Crippen LogP contribution in [0.25, 0.3) is 0 Å². The first-order chi connectivity index (χ1) is 18.5. The van der Waals surface area contributed by atoms with Crippen molar-refractivity contribution in [3.8, 4) is 0 Å². The molecule has 0 fully saturated rings. The van der Waals surface area contributed by atoms with Gasteiger partial charge in [0.2, 0.25) is 0 Å². The zero-order valence-corrected chi connectivity index (χ0v) is 27.1. The van der Waals surface area contributed by atoms with Crippen LogP contribution in [-0.4, -0.2) is 40.8 Å². The number of aromatic nitrogens is 2. The van der Waals surface area contributed by atoms with Crippen molar-refractivity contribution in [1.29, 1.82) is 0 Å². The SMILES string of the molecule is C=CC(=O)Nc1cccc(CNc2nn(C)c3c2CI(=C)(C(=O)N[C@H](CN(C)I)c2ccccc2)C3(C)C)c1. The molecule has 2 atom stereocenters. The number of fused-ring (bicyclic) bond motifs is 1. The van der Waals surface area contributed by atoms with Gasteiger partial charge in [-0.2, -0.15) is 0 Å². The fraction of sp³-hybridized carbons (Fsp3) is 0.310. The summed E-state index contributed by atoms with van der Waals surface area (Å²) in [6.07, 6.45) is 1.25. The zero-order valence-electron chi connectivity index (χ0n) is 22.8. The Balaban J connectivity index is 1.56. The second-order valence-electron chi connectivity index (χ2n) is 10.1. The van der Waals surface area contributed by atoms with E-state index in [1.807, 2.05) is 61.2 Å². The molecule has 0 aliphatic carbocycles. The molecule has 4 rings (SSSR count). The topological polar surface area (TPSA) is 91.3 Å². The van der Waals surface area contributed by atoms with Crippen LogP contribution in [0, 0.1) is 0 Å². The van der Waals surface area contributed by atoms with Gasteiger partial charge in [0, 0.05) is 0 Å². The van der Waals surface area contributed by atoms with Gasteiger partial charge in [-0.15, -0.1) is 0 Å². The van der Waals surface area contributed by atoms with Crippen molar-refractivity contribution in [2.45, 2.75) is 34.3 Å². The number of anilines is 2. The molecule has 10 heteroatoms. The molecule has 1 unspecified atom stereocenters. The molecule has 208 valence electrons. The average Bonchev–Trinajstić information content (AvgIpc) is 3.33. The van der Waals surface area contributed by atoms with Gasteiger partial charge in [0.25, 0.3) is 0 Å². The third kappa shape index (κ3) is 6.12. The molecule has 1 aliphatic heterocycles. The fourth-order valence-electron chi connectivity index (χ4n) is 4.97. The van der Waals surface area contributed by atoms with Crippen LogP contribution in [0.15, 0.2) is 67.3 Å². The van der Waals surface area contributed by atoms with E-state index in [4.69, 9.17) is 9.61 Å². The van der Waals surface area contributed by atoms with Crippen molar-refractivity contribution in [2.75, 3.05) is 24.2 Å². The Bertz CT molecular complexity index is 1430. The molecule has 2 amide bonds. The summed E-state index contributed by atoms with van der Waals surface area (Å²) < 4.78 is 9.07. The fourth-order valence-corrected chi connectivity index (χ4v) is 12.5. The van der Waals surface area contributed by atoms with Crippen LogP contribution in [0.5, 0.6) is 0 Å². The van der Waals surface area contributed by atoms with Gasteiger partial charge in [-0.1, -0.05) is 0 Å². The van der Waals surface area contributed by atoms with E-state index in [9.17, 15) is 9.59 Å². The van der Waals surface area contributed by atoms with Crippen molar-refractivity contribution in [3.63, 3.8) is 0 Å². The Hall–Kier alpha value is -2.58. The van der Waals surface area contributed by atoms with Crippen LogP contribution < -0.4 is 16.0 Å². The van der Waals surface area contributed by atoms with E-state index in [-0.39, 0.29) is 19.3 Å². The molecule has 0 spiro atoms. The normalized spacial score (nSPS) is 19.9. The monoisotopic (exact) mass is 754 g/mol. The van der Waals surface area contributed by atoms with Crippen molar-refractivity contribution in [3.05, 3.63) is 89.6 Å². The number of hydrogen-bond donors (Lipinski definition) is 3. The minimum atomic E-state index is -3.35. The predicted molar refractivity (Wildman–Crippen MR) is 178 cm³/mol. The van der Waals surface area contributed by atoms with Gasteiger partial charge in [-0.05, 0) is 0 Å². The summed E-state index contributed by atoms with van der Waals surface area (Å²) in [4.78, 5) is 25.7. The Morgan fingerprint density at radius 2 is 1.95 bits per heavy atom. The summed E-state index contributed by atoms with van der Waals surface area (Å²) in [6.45, 7) is 9.04. The number of carbonyl (C=O) groups excluding carboxylic acids is 2. The van der Waals surface area contributed by atoms with Crippen molar-refractivity contribution >= 4 is 66.7 Å². The van der Waals surface area contributed by atoms with Gasteiger partial charge >= 0.3 is 250 Å². The molecule has 0 saturated carbocycles. The van der Waals surface area contributed by atoms with Crippen molar-refractivity contribution in [1.82, 2.24) is 18.2 Å². The standard InChI is InChI=1S/C29H36I2N6O2/c1-7-25(38)33-22-15-11-12-20(16-22)18-32-27-23-17-31(4,29(2,3)26(23)37(6)35-27)28(39)34-24(19-36(5)30)21-13-9-8-10-14-21/h7-16,24H,1,4,17-19H2,2-3,5-6H3,(H,32,35)(H,33,38)(H,34,39)/t24-/m1/s1. The van der Waals surface area contributed by atoms with Crippen LogP contribution in [0.4, 0.5) is 16.3 Å². The Kier molecular flexibility index (Phi) is 8.96. The van der Waals surface area contributed by atoms with Crippen LogP contribution in [0.2, 0.25) is 0 Å². The summed E-state index contributed by atoms with van der Waals surface area (Å²) in [5.74, 6) is 0.538. The molecule has 3 N–H and O–H groups in total. The predicted octanol–water partition coefficient (Wildman–Crippen LogP) is 6.11. The second kappa shape index (κ2) is 11.9. The van der Waals surface area contributed by atoms with E-state index < -0.39 is 18.0 Å². The number of benzene rings is 2. The third-order valence-corrected chi connectivity index (χ3v) is 17.4. The number of amides is 2. The van der Waals surface area contributed by atoms with Crippen LogP contribution in [-0.2, 0) is 26.2 Å². The van der Waals surface area contributed by atoms with Crippen molar-refractivity contribution in [2.24, 2.45) is 7.05 Å². The van der Waals surface area contributed by atoms with Gasteiger partial charge in [-0.3, -0.25) is 0 Å². The second-order valence-corrected chi connectivity index (χ2v) is 20.9. The van der Waals surface area contributed by atoms with Gasteiger partial charge in [0.15, 0.2) is 0 Å². The molecular weight excluding hydrogens is 718 g/mol. The zero-order chi connectivity index (χ0) is 28.4. The molecule has 1 aromatic heterocycles. The average molecular weight is 754 g/mol. The first-order valence-electron chi connectivity index (χ1n) is 12.6. The number of carbonyl (C=O) groups is 2. The quantitative estimate of drug-likeness (QED) is 0.0581. The summed E-state index contributed by atoms with van der Waals surface area (Å²) in [5.41, 5.74) is 4.97. The number of halogens is 2. The molecular formula is C29H36I2N6O2. The summed E-state index contributed by atoms with van der Waals surface area (Å²) in [7, 11) is 3.95. The third-order valence-electron chi connectivity index (χ3n) is 7.07. The van der Waals surface area contributed by atoms with E-state index in [1.165, 1.54) is 6.08 Å². The van der Waals surface area contributed by atoms with E-state index >= 15 is 0 Å². The Morgan fingerprint density at radius 1 is 1.23 bits per heavy atom. The van der Waals surface area contributed by atoms with E-state index in [0.717, 1.165) is 28.2 Å². The minimum absolute atomic E-state index is 0.104. The van der Waals surface area contributed by atoms with Gasteiger partial charge in [0.05, 0.1) is 0 Å². The number of aryl methyl sites for hydroxylation is 1. The molecule has 0 saturated heterocycles. The number of alkyl halides is 2. The number of likely N-dealkylation sites (N-methyl/N-ethyl adjacent to an activating group) is 1. The molecule has 3 aromatic rings. The molecule has 1 aliphatic rings. The summed E-state index contributed by atoms with van der Waals surface area (Å²) in [5, 5.41) is 14.5. The van der Waals surface area contributed by atoms with Gasteiger partial charge < -0.3 is 0 Å². The number of nitrogens with zero attached hydrogens (tertiary/aromatic N) is 3. The van der Waals surface area contributed by atoms with Crippen molar-refractivity contribution < 1.29 is 9.59 Å². The molecule has 2 heterocycles. The van der Waals surface area contributed by atoms with Crippen LogP contribution in [0.3, 0.4) is 0 Å². The van der Waals surface area contributed by atoms with Gasteiger partial charge in [-0.25, -0.2) is 0 Å². The molecule has 8 nitrogen and oxygen atoms in total. The van der Waals surface area contributed by atoms with Gasteiger partial charge in [0.1, 0.15) is 0 Å².